The van der Waals surface area contributed by atoms with Crippen LogP contribution in [0.2, 0.25) is 0 Å². The molecule has 2 rings (SSSR count). The van der Waals surface area contributed by atoms with E-state index < -0.39 is 23.6 Å². The predicted molar refractivity (Wildman–Crippen MR) is 73.0 cm³/mol. The molecule has 4 nitrogen and oxygen atoms in total. The molecule has 1 N–H and O–H groups in total. The quantitative estimate of drug-likeness (QED) is 0.942. The van der Waals surface area contributed by atoms with Crippen molar-refractivity contribution in [2.75, 3.05) is 7.11 Å². The fourth-order valence-corrected chi connectivity index (χ4v) is 1.96. The van der Waals surface area contributed by atoms with E-state index in [0.717, 1.165) is 6.20 Å². The van der Waals surface area contributed by atoms with Gasteiger partial charge in [0.15, 0.2) is 5.82 Å². The Morgan fingerprint density at radius 2 is 2.10 bits per heavy atom. The molecular weight excluding hydrogens is 278 g/mol. The first-order valence-corrected chi connectivity index (χ1v) is 6.26. The fourth-order valence-electron chi connectivity index (χ4n) is 1.96. The normalized spacial score (nSPS) is 11.8. The topological polar surface area (TPSA) is 51.2 Å². The summed E-state index contributed by atoms with van der Waals surface area (Å²) in [7, 11) is 1.45. The number of benzene rings is 1. The molecule has 21 heavy (non-hydrogen) atoms. The summed E-state index contributed by atoms with van der Waals surface area (Å²) in [5.74, 6) is -1.32. The zero-order valence-electron chi connectivity index (χ0n) is 11.6. The Balaban J connectivity index is 2.22. The second kappa shape index (κ2) is 6.30. The van der Waals surface area contributed by atoms with Gasteiger partial charge in [0.25, 0.3) is 5.91 Å². The number of amides is 1. The summed E-state index contributed by atoms with van der Waals surface area (Å²) in [4.78, 5) is 15.6. The van der Waals surface area contributed by atoms with Gasteiger partial charge in [0.05, 0.1) is 24.9 Å². The van der Waals surface area contributed by atoms with Gasteiger partial charge in [0.1, 0.15) is 11.6 Å². The molecule has 1 aromatic heterocycles. The third-order valence-electron chi connectivity index (χ3n) is 3.02. The van der Waals surface area contributed by atoms with Crippen LogP contribution in [0.25, 0.3) is 0 Å². The number of hydrogen-bond donors (Lipinski definition) is 1. The van der Waals surface area contributed by atoms with Crippen molar-refractivity contribution in [3.63, 3.8) is 0 Å². The number of hydrogen-bond acceptors (Lipinski definition) is 3. The highest BCUT2D eigenvalue weighted by Gasteiger charge is 2.18. The molecule has 1 aromatic carbocycles. The number of pyridine rings is 1. The van der Waals surface area contributed by atoms with Crippen LogP contribution < -0.4 is 10.1 Å². The van der Waals surface area contributed by atoms with E-state index in [9.17, 15) is 13.6 Å². The van der Waals surface area contributed by atoms with E-state index in [2.05, 4.69) is 10.3 Å². The molecule has 110 valence electrons. The lowest BCUT2D eigenvalue weighted by atomic mass is 10.1. The van der Waals surface area contributed by atoms with E-state index >= 15 is 0 Å². The molecule has 1 heterocycles. The fraction of sp³-hybridized carbons (Fsp3) is 0.200. The summed E-state index contributed by atoms with van der Waals surface area (Å²) >= 11 is 0. The van der Waals surface area contributed by atoms with Crippen molar-refractivity contribution in [2.24, 2.45) is 0 Å². The van der Waals surface area contributed by atoms with Crippen LogP contribution in [0.15, 0.2) is 36.7 Å². The van der Waals surface area contributed by atoms with Gasteiger partial charge in [-0.25, -0.2) is 8.78 Å². The summed E-state index contributed by atoms with van der Waals surface area (Å²) in [5, 5.41) is 2.60. The van der Waals surface area contributed by atoms with Crippen molar-refractivity contribution < 1.29 is 18.3 Å². The summed E-state index contributed by atoms with van der Waals surface area (Å²) in [5.41, 5.74) is 0.354. The van der Waals surface area contributed by atoms with Crippen molar-refractivity contribution in [2.45, 2.75) is 13.0 Å². The molecule has 1 amide bonds. The molecule has 6 heteroatoms. The van der Waals surface area contributed by atoms with Gasteiger partial charge >= 0.3 is 0 Å². The molecule has 0 saturated heterocycles. The SMILES string of the molecule is COc1ccc(F)cc1C(C)NC(=O)c1ccncc1F. The number of methoxy groups -OCH3 is 1. The highest BCUT2D eigenvalue weighted by molar-refractivity contribution is 5.94. The average molecular weight is 292 g/mol. The van der Waals surface area contributed by atoms with E-state index in [-0.39, 0.29) is 5.56 Å². The van der Waals surface area contributed by atoms with E-state index in [4.69, 9.17) is 4.74 Å². The Labute approximate surface area is 120 Å². The lowest BCUT2D eigenvalue weighted by Crippen LogP contribution is -2.27. The van der Waals surface area contributed by atoms with Gasteiger partial charge in [0.2, 0.25) is 0 Å². The van der Waals surface area contributed by atoms with Crippen molar-refractivity contribution in [3.8, 4) is 5.75 Å². The maximum absolute atomic E-state index is 13.5. The van der Waals surface area contributed by atoms with Crippen LogP contribution in [-0.2, 0) is 0 Å². The van der Waals surface area contributed by atoms with Crippen LogP contribution in [0.5, 0.6) is 5.75 Å². The molecule has 0 aliphatic rings. The molecule has 0 spiro atoms. The van der Waals surface area contributed by atoms with Crippen LogP contribution in [0.3, 0.4) is 0 Å². The Kier molecular flexibility index (Phi) is 4.47. The van der Waals surface area contributed by atoms with Crippen LogP contribution >= 0.6 is 0 Å². The number of carbonyl (C=O) groups excluding carboxylic acids is 1. The average Bonchev–Trinajstić information content (AvgIpc) is 2.47. The number of nitrogens with zero attached hydrogens (tertiary/aromatic N) is 1. The summed E-state index contributed by atoms with van der Waals surface area (Å²) < 4.78 is 32.0. The zero-order chi connectivity index (χ0) is 15.4. The Morgan fingerprint density at radius 1 is 1.33 bits per heavy atom. The molecule has 0 fully saturated rings. The van der Waals surface area contributed by atoms with Crippen LogP contribution in [0, 0.1) is 11.6 Å². The monoisotopic (exact) mass is 292 g/mol. The molecule has 0 radical (unpaired) electrons. The number of rotatable bonds is 4. The minimum Gasteiger partial charge on any atom is -0.496 e. The van der Waals surface area contributed by atoms with Crippen LogP contribution in [0.4, 0.5) is 8.78 Å². The van der Waals surface area contributed by atoms with Crippen molar-refractivity contribution in [3.05, 3.63) is 59.4 Å². The van der Waals surface area contributed by atoms with Gasteiger partial charge in [-0.05, 0) is 31.2 Å². The molecule has 0 bridgehead atoms. The van der Waals surface area contributed by atoms with Gasteiger partial charge in [0, 0.05) is 11.8 Å². The van der Waals surface area contributed by atoms with E-state index in [1.54, 1.807) is 6.92 Å². The van der Waals surface area contributed by atoms with Gasteiger partial charge in [-0.1, -0.05) is 0 Å². The van der Waals surface area contributed by atoms with E-state index in [0.29, 0.717) is 11.3 Å². The Hall–Kier alpha value is -2.50. The zero-order valence-corrected chi connectivity index (χ0v) is 11.6. The summed E-state index contributed by atoms with van der Waals surface area (Å²) in [6.07, 6.45) is 2.29. The molecule has 1 unspecified atom stereocenters. The second-order valence-corrected chi connectivity index (χ2v) is 4.44. The van der Waals surface area contributed by atoms with Gasteiger partial charge in [-0.15, -0.1) is 0 Å². The first-order valence-electron chi connectivity index (χ1n) is 6.26. The molecule has 0 aliphatic heterocycles. The number of nitrogens with one attached hydrogen (secondary N) is 1. The lowest BCUT2D eigenvalue weighted by molar-refractivity contribution is 0.0935. The maximum atomic E-state index is 13.5. The number of halogens is 2. The highest BCUT2D eigenvalue weighted by Crippen LogP contribution is 2.26. The van der Waals surface area contributed by atoms with E-state index in [1.165, 1.54) is 37.6 Å². The largest absolute Gasteiger partial charge is 0.496 e. The Morgan fingerprint density at radius 3 is 2.76 bits per heavy atom. The van der Waals surface area contributed by atoms with Gasteiger partial charge < -0.3 is 10.1 Å². The standard InChI is InChI=1S/C15H14F2N2O2/c1-9(12-7-10(16)3-4-14(12)21-2)19-15(20)11-5-6-18-8-13(11)17/h3-9H,1-2H3,(H,19,20). The van der Waals surface area contributed by atoms with Crippen LogP contribution in [-0.4, -0.2) is 18.0 Å². The predicted octanol–water partition coefficient (Wildman–Crippen LogP) is 2.86. The Bertz CT molecular complexity index is 662. The van der Waals surface area contributed by atoms with Crippen molar-refractivity contribution in [1.82, 2.24) is 10.3 Å². The lowest BCUT2D eigenvalue weighted by Gasteiger charge is -2.17. The van der Waals surface area contributed by atoms with Crippen molar-refractivity contribution in [1.29, 1.82) is 0 Å². The van der Waals surface area contributed by atoms with Crippen molar-refractivity contribution >= 4 is 5.91 Å². The number of ether oxygens (including phenoxy) is 1. The third-order valence-corrected chi connectivity index (χ3v) is 3.02. The first kappa shape index (κ1) is 14.9. The smallest absolute Gasteiger partial charge is 0.254 e. The molecule has 2 aromatic rings. The number of carbonyl (C=O) groups is 1. The van der Waals surface area contributed by atoms with Gasteiger partial charge in [-0.3, -0.25) is 9.78 Å². The second-order valence-electron chi connectivity index (χ2n) is 4.44. The minimum absolute atomic E-state index is 0.118. The molecule has 0 aliphatic carbocycles. The minimum atomic E-state index is -0.714. The molecule has 0 saturated carbocycles. The highest BCUT2D eigenvalue weighted by atomic mass is 19.1. The number of aromatic nitrogens is 1. The summed E-state index contributed by atoms with van der Waals surface area (Å²) in [6, 6.07) is 4.74. The molecule has 1 atom stereocenters. The van der Waals surface area contributed by atoms with E-state index in [1.807, 2.05) is 0 Å². The maximum Gasteiger partial charge on any atom is 0.254 e. The van der Waals surface area contributed by atoms with Crippen LogP contribution in [0.1, 0.15) is 28.9 Å². The first-order chi connectivity index (χ1) is 10.0. The van der Waals surface area contributed by atoms with Gasteiger partial charge in [-0.2, -0.15) is 0 Å². The molecular formula is C15H14F2N2O2. The third kappa shape index (κ3) is 3.34. The summed E-state index contributed by atoms with van der Waals surface area (Å²) in [6.45, 7) is 1.66.